The summed E-state index contributed by atoms with van der Waals surface area (Å²) in [5, 5.41) is 11.4. The Labute approximate surface area is 96.0 Å². The van der Waals surface area contributed by atoms with Crippen molar-refractivity contribution in [2.24, 2.45) is 0 Å². The zero-order valence-corrected chi connectivity index (χ0v) is 10.2. The van der Waals surface area contributed by atoms with Crippen LogP contribution in [0.25, 0.3) is 0 Å². The molecule has 1 atom stereocenters. The average molecular weight is 277 g/mol. The molecule has 0 saturated carbocycles. The van der Waals surface area contributed by atoms with E-state index in [0.717, 1.165) is 30.3 Å². The molecule has 78 valence electrons. The van der Waals surface area contributed by atoms with E-state index >= 15 is 0 Å². The Morgan fingerprint density at radius 1 is 1.64 bits per heavy atom. The topological polar surface area (TPSA) is 29.5 Å². The number of rotatable bonds is 3. The second-order valence-electron chi connectivity index (χ2n) is 3.66. The van der Waals surface area contributed by atoms with Crippen LogP contribution in [0.5, 0.6) is 0 Å². The van der Waals surface area contributed by atoms with Gasteiger partial charge in [-0.2, -0.15) is 0 Å². The van der Waals surface area contributed by atoms with Crippen LogP contribution >= 0.6 is 27.3 Å². The van der Waals surface area contributed by atoms with Gasteiger partial charge in [0.2, 0.25) is 0 Å². The monoisotopic (exact) mass is 276 g/mol. The van der Waals surface area contributed by atoms with E-state index < -0.39 is 0 Å². The number of hydrogen-bond acceptors (Lipinski definition) is 3. The summed E-state index contributed by atoms with van der Waals surface area (Å²) in [4.78, 5) is 1.26. The molecule has 0 radical (unpaired) electrons. The summed E-state index contributed by atoms with van der Waals surface area (Å²) in [6, 6.07) is 2.04. The molecule has 4 heteroatoms. The molecule has 1 saturated heterocycles. The molecule has 1 aromatic heterocycles. The van der Waals surface area contributed by atoms with Gasteiger partial charge in [-0.3, -0.25) is 0 Å². The van der Waals surface area contributed by atoms with Crippen LogP contribution in [0.2, 0.25) is 0 Å². The van der Waals surface area contributed by atoms with Gasteiger partial charge >= 0.3 is 0 Å². The number of thiophene rings is 1. The van der Waals surface area contributed by atoms with E-state index in [1.807, 2.05) is 6.07 Å². The third-order valence-corrected chi connectivity index (χ3v) is 4.57. The first kappa shape index (κ1) is 10.6. The third-order valence-electron chi connectivity index (χ3n) is 2.65. The summed E-state index contributed by atoms with van der Waals surface area (Å²) in [6.07, 6.45) is 2.85. The van der Waals surface area contributed by atoms with Gasteiger partial charge in [0.25, 0.3) is 0 Å². The van der Waals surface area contributed by atoms with E-state index in [4.69, 9.17) is 4.74 Å². The van der Waals surface area contributed by atoms with Crippen molar-refractivity contribution in [2.45, 2.75) is 24.9 Å². The molecule has 1 aliphatic heterocycles. The van der Waals surface area contributed by atoms with Crippen molar-refractivity contribution in [2.75, 3.05) is 13.2 Å². The van der Waals surface area contributed by atoms with Crippen LogP contribution in [-0.4, -0.2) is 23.9 Å². The highest BCUT2D eigenvalue weighted by Crippen LogP contribution is 2.33. The molecule has 2 heterocycles. The van der Waals surface area contributed by atoms with Crippen molar-refractivity contribution in [3.63, 3.8) is 0 Å². The van der Waals surface area contributed by atoms with Gasteiger partial charge in [0.05, 0.1) is 12.2 Å². The normalized spacial score (nSPS) is 27.0. The molecular formula is C10H13BrO2S. The first-order valence-corrected chi connectivity index (χ1v) is 6.40. The van der Waals surface area contributed by atoms with Crippen LogP contribution in [0.3, 0.4) is 0 Å². The Morgan fingerprint density at radius 3 is 3.00 bits per heavy atom. The summed E-state index contributed by atoms with van der Waals surface area (Å²) >= 11 is 5.21. The molecule has 1 fully saturated rings. The maximum absolute atomic E-state index is 9.37. The van der Waals surface area contributed by atoms with E-state index in [9.17, 15) is 5.11 Å². The summed E-state index contributed by atoms with van der Waals surface area (Å²) in [7, 11) is 0. The van der Waals surface area contributed by atoms with Gasteiger partial charge in [0.1, 0.15) is 0 Å². The number of aliphatic hydroxyl groups excluding tert-OH is 1. The third kappa shape index (κ3) is 2.03. The smallest absolute Gasteiger partial charge is 0.0961 e. The fourth-order valence-electron chi connectivity index (χ4n) is 1.82. The SMILES string of the molecule is OCC1(Cc2sccc2Br)CCCO1. The highest BCUT2D eigenvalue weighted by molar-refractivity contribution is 9.10. The van der Waals surface area contributed by atoms with Gasteiger partial charge in [0.15, 0.2) is 0 Å². The molecular weight excluding hydrogens is 264 g/mol. The summed E-state index contributed by atoms with van der Waals surface area (Å²) in [5.74, 6) is 0. The van der Waals surface area contributed by atoms with E-state index in [0.29, 0.717) is 0 Å². The zero-order chi connectivity index (χ0) is 10.0. The predicted molar refractivity (Wildman–Crippen MR) is 60.7 cm³/mol. The van der Waals surface area contributed by atoms with Crippen LogP contribution in [0, 0.1) is 0 Å². The fraction of sp³-hybridized carbons (Fsp3) is 0.600. The fourth-order valence-corrected chi connectivity index (χ4v) is 3.44. The zero-order valence-electron chi connectivity index (χ0n) is 7.83. The minimum absolute atomic E-state index is 0.122. The molecule has 1 unspecified atom stereocenters. The molecule has 0 aliphatic carbocycles. The highest BCUT2D eigenvalue weighted by atomic mass is 79.9. The van der Waals surface area contributed by atoms with Crippen molar-refractivity contribution in [3.05, 3.63) is 20.8 Å². The van der Waals surface area contributed by atoms with Crippen LogP contribution in [0.15, 0.2) is 15.9 Å². The first-order valence-electron chi connectivity index (χ1n) is 4.72. The second kappa shape index (κ2) is 4.31. The van der Waals surface area contributed by atoms with Crippen LogP contribution < -0.4 is 0 Å². The Kier molecular flexibility index (Phi) is 3.27. The molecule has 1 aliphatic rings. The Hall–Kier alpha value is 0.1000. The molecule has 0 bridgehead atoms. The lowest BCUT2D eigenvalue weighted by molar-refractivity contribution is -0.0372. The average Bonchev–Trinajstić information content (AvgIpc) is 2.79. The van der Waals surface area contributed by atoms with E-state index in [1.165, 1.54) is 4.88 Å². The van der Waals surface area contributed by atoms with Crippen LogP contribution in [0.4, 0.5) is 0 Å². The molecule has 0 spiro atoms. The molecule has 0 aromatic carbocycles. The van der Waals surface area contributed by atoms with Gasteiger partial charge in [0, 0.05) is 22.4 Å². The minimum Gasteiger partial charge on any atom is -0.393 e. The van der Waals surface area contributed by atoms with Crippen molar-refractivity contribution >= 4 is 27.3 Å². The predicted octanol–water partition coefficient (Wildman–Crippen LogP) is 2.59. The van der Waals surface area contributed by atoms with Crippen molar-refractivity contribution < 1.29 is 9.84 Å². The van der Waals surface area contributed by atoms with Gasteiger partial charge in [-0.15, -0.1) is 11.3 Å². The standard InChI is InChI=1S/C10H13BrO2S/c11-8-2-5-14-9(8)6-10(7-12)3-1-4-13-10/h2,5,12H,1,3-4,6-7H2. The van der Waals surface area contributed by atoms with Gasteiger partial charge in [-0.25, -0.2) is 0 Å². The largest absolute Gasteiger partial charge is 0.393 e. The van der Waals surface area contributed by atoms with Crippen LogP contribution in [-0.2, 0) is 11.2 Å². The molecule has 14 heavy (non-hydrogen) atoms. The Bertz CT molecular complexity index is 305. The maximum atomic E-state index is 9.37. The lowest BCUT2D eigenvalue weighted by Crippen LogP contribution is -2.34. The lowest BCUT2D eigenvalue weighted by atomic mass is 9.96. The van der Waals surface area contributed by atoms with E-state index in [1.54, 1.807) is 11.3 Å². The Morgan fingerprint density at radius 2 is 2.50 bits per heavy atom. The first-order chi connectivity index (χ1) is 6.76. The number of hydrogen-bond donors (Lipinski definition) is 1. The van der Waals surface area contributed by atoms with Crippen molar-refractivity contribution in [1.82, 2.24) is 0 Å². The molecule has 1 N–H and O–H groups in total. The summed E-state index contributed by atoms with van der Waals surface area (Å²) < 4.78 is 6.78. The molecule has 2 rings (SSSR count). The molecule has 1 aromatic rings. The van der Waals surface area contributed by atoms with Gasteiger partial charge < -0.3 is 9.84 Å². The summed E-state index contributed by atoms with van der Waals surface area (Å²) in [5.41, 5.74) is -0.312. The van der Waals surface area contributed by atoms with E-state index in [-0.39, 0.29) is 12.2 Å². The summed E-state index contributed by atoms with van der Waals surface area (Å²) in [6.45, 7) is 0.904. The van der Waals surface area contributed by atoms with Gasteiger partial charge in [-0.1, -0.05) is 0 Å². The lowest BCUT2D eigenvalue weighted by Gasteiger charge is -2.25. The number of ether oxygens (including phenoxy) is 1. The minimum atomic E-state index is -0.312. The molecule has 2 nitrogen and oxygen atoms in total. The van der Waals surface area contributed by atoms with Crippen molar-refractivity contribution in [1.29, 1.82) is 0 Å². The highest BCUT2D eigenvalue weighted by Gasteiger charge is 2.35. The molecule has 0 amide bonds. The Balaban J connectivity index is 2.12. The maximum Gasteiger partial charge on any atom is 0.0961 e. The van der Waals surface area contributed by atoms with Crippen molar-refractivity contribution in [3.8, 4) is 0 Å². The van der Waals surface area contributed by atoms with E-state index in [2.05, 4.69) is 21.3 Å². The quantitative estimate of drug-likeness (QED) is 0.920. The number of aliphatic hydroxyl groups is 1. The number of halogens is 1. The van der Waals surface area contributed by atoms with Crippen LogP contribution in [0.1, 0.15) is 17.7 Å². The second-order valence-corrected chi connectivity index (χ2v) is 5.52. The van der Waals surface area contributed by atoms with Gasteiger partial charge in [-0.05, 0) is 40.2 Å².